The molecule has 1 amide bonds. The SMILES string of the molecule is CN1c2ccccc2C(=O)NC1c1cn[nH]c1-c1ccc(C#N)cc1. The first-order chi connectivity index (χ1) is 12.2. The highest BCUT2D eigenvalue weighted by molar-refractivity contribution is 6.02. The normalized spacial score (nSPS) is 16.1. The third-order valence-corrected chi connectivity index (χ3v) is 4.45. The number of hydrogen-bond donors (Lipinski definition) is 2. The fourth-order valence-corrected chi connectivity index (χ4v) is 3.14. The van der Waals surface area contributed by atoms with E-state index in [0.717, 1.165) is 22.5 Å². The van der Waals surface area contributed by atoms with Crippen LogP contribution in [0.4, 0.5) is 5.69 Å². The van der Waals surface area contributed by atoms with Crippen LogP contribution in [0.5, 0.6) is 0 Å². The van der Waals surface area contributed by atoms with E-state index in [-0.39, 0.29) is 12.1 Å². The lowest BCUT2D eigenvalue weighted by molar-refractivity contribution is 0.0928. The molecule has 0 fully saturated rings. The smallest absolute Gasteiger partial charge is 0.255 e. The Morgan fingerprint density at radius 1 is 1.16 bits per heavy atom. The molecule has 1 unspecified atom stereocenters. The quantitative estimate of drug-likeness (QED) is 0.757. The van der Waals surface area contributed by atoms with Crippen LogP contribution in [0, 0.1) is 11.3 Å². The predicted octanol–water partition coefficient (Wildman–Crippen LogP) is 2.83. The van der Waals surface area contributed by atoms with Gasteiger partial charge in [0.15, 0.2) is 0 Å². The van der Waals surface area contributed by atoms with E-state index in [0.29, 0.717) is 11.1 Å². The zero-order chi connectivity index (χ0) is 17.4. The van der Waals surface area contributed by atoms with Gasteiger partial charge in [-0.25, -0.2) is 0 Å². The van der Waals surface area contributed by atoms with Gasteiger partial charge in [0, 0.05) is 18.2 Å². The molecule has 0 radical (unpaired) electrons. The molecule has 0 saturated heterocycles. The van der Waals surface area contributed by atoms with Crippen molar-refractivity contribution in [2.24, 2.45) is 0 Å². The van der Waals surface area contributed by atoms with Crippen LogP contribution < -0.4 is 10.2 Å². The summed E-state index contributed by atoms with van der Waals surface area (Å²) in [6.07, 6.45) is 1.40. The third kappa shape index (κ3) is 2.42. The summed E-state index contributed by atoms with van der Waals surface area (Å²) in [7, 11) is 1.94. The number of nitrogens with one attached hydrogen (secondary N) is 2. The highest BCUT2D eigenvalue weighted by Crippen LogP contribution is 2.35. The Hall–Kier alpha value is -3.59. The summed E-state index contributed by atoms with van der Waals surface area (Å²) in [5, 5.41) is 19.2. The number of amides is 1. The summed E-state index contributed by atoms with van der Waals surface area (Å²) in [5.41, 5.74) is 4.74. The number of para-hydroxylation sites is 1. The topological polar surface area (TPSA) is 84.8 Å². The molecule has 1 aliphatic rings. The minimum absolute atomic E-state index is 0.106. The van der Waals surface area contributed by atoms with E-state index in [9.17, 15) is 4.79 Å². The first kappa shape index (κ1) is 15.0. The monoisotopic (exact) mass is 329 g/mol. The van der Waals surface area contributed by atoms with Gasteiger partial charge in [-0.2, -0.15) is 10.4 Å². The number of rotatable bonds is 2. The molecule has 122 valence electrons. The Morgan fingerprint density at radius 3 is 2.68 bits per heavy atom. The molecule has 3 aromatic rings. The molecule has 0 saturated carbocycles. The Kier molecular flexibility index (Phi) is 3.47. The third-order valence-electron chi connectivity index (χ3n) is 4.45. The van der Waals surface area contributed by atoms with Crippen molar-refractivity contribution in [1.82, 2.24) is 15.5 Å². The molecule has 0 aliphatic carbocycles. The number of hydrogen-bond acceptors (Lipinski definition) is 4. The Balaban J connectivity index is 1.76. The predicted molar refractivity (Wildman–Crippen MR) is 93.8 cm³/mol. The average Bonchev–Trinajstić information content (AvgIpc) is 3.14. The van der Waals surface area contributed by atoms with Gasteiger partial charge in [0.1, 0.15) is 6.17 Å². The molecule has 6 nitrogen and oxygen atoms in total. The van der Waals surface area contributed by atoms with Crippen molar-refractivity contribution in [1.29, 1.82) is 5.26 Å². The molecule has 6 heteroatoms. The van der Waals surface area contributed by atoms with Crippen molar-refractivity contribution in [3.63, 3.8) is 0 Å². The van der Waals surface area contributed by atoms with Crippen LogP contribution in [0.3, 0.4) is 0 Å². The first-order valence-corrected chi connectivity index (χ1v) is 7.85. The van der Waals surface area contributed by atoms with Crippen molar-refractivity contribution < 1.29 is 4.79 Å². The van der Waals surface area contributed by atoms with Crippen LogP contribution in [-0.2, 0) is 0 Å². The summed E-state index contributed by atoms with van der Waals surface area (Å²) < 4.78 is 0. The maximum absolute atomic E-state index is 12.5. The number of aromatic nitrogens is 2. The van der Waals surface area contributed by atoms with Gasteiger partial charge < -0.3 is 10.2 Å². The van der Waals surface area contributed by atoms with E-state index in [4.69, 9.17) is 5.26 Å². The number of aromatic amines is 1. The maximum atomic E-state index is 12.5. The fourth-order valence-electron chi connectivity index (χ4n) is 3.14. The lowest BCUT2D eigenvalue weighted by Gasteiger charge is -2.36. The van der Waals surface area contributed by atoms with Crippen LogP contribution in [0.1, 0.15) is 27.7 Å². The largest absolute Gasteiger partial charge is 0.350 e. The number of anilines is 1. The van der Waals surface area contributed by atoms with Crippen molar-refractivity contribution >= 4 is 11.6 Å². The first-order valence-electron chi connectivity index (χ1n) is 7.85. The minimum atomic E-state index is -0.327. The van der Waals surface area contributed by atoms with Gasteiger partial charge in [-0.15, -0.1) is 0 Å². The number of carbonyl (C=O) groups is 1. The molecule has 0 spiro atoms. The summed E-state index contributed by atoms with van der Waals surface area (Å²) in [4.78, 5) is 14.5. The van der Waals surface area contributed by atoms with Gasteiger partial charge in [-0.3, -0.25) is 9.89 Å². The Labute approximate surface area is 144 Å². The van der Waals surface area contributed by atoms with E-state index in [2.05, 4.69) is 21.6 Å². The zero-order valence-electron chi connectivity index (χ0n) is 13.5. The fraction of sp³-hybridized carbons (Fsp3) is 0.105. The number of nitrogens with zero attached hydrogens (tertiary/aromatic N) is 3. The molecule has 1 atom stereocenters. The Bertz CT molecular complexity index is 984. The summed E-state index contributed by atoms with van der Waals surface area (Å²) in [6.45, 7) is 0. The van der Waals surface area contributed by atoms with E-state index >= 15 is 0 Å². The molecule has 1 aliphatic heterocycles. The standard InChI is InChI=1S/C19H15N5O/c1-24-16-5-3-2-4-14(16)19(25)22-18(24)15-11-21-23-17(15)13-8-6-12(10-20)7-9-13/h2-9,11,18H,1H3,(H,21,23)(H,22,25). The number of H-pyrrole nitrogens is 1. The van der Waals surface area contributed by atoms with Crippen molar-refractivity contribution in [3.8, 4) is 17.3 Å². The highest BCUT2D eigenvalue weighted by atomic mass is 16.2. The maximum Gasteiger partial charge on any atom is 0.255 e. The second kappa shape index (κ2) is 5.80. The van der Waals surface area contributed by atoms with Crippen LogP contribution in [-0.4, -0.2) is 23.2 Å². The zero-order valence-corrected chi connectivity index (χ0v) is 13.5. The van der Waals surface area contributed by atoms with E-state index in [1.807, 2.05) is 48.3 Å². The van der Waals surface area contributed by atoms with Crippen molar-refractivity contribution in [2.75, 3.05) is 11.9 Å². The molecular weight excluding hydrogens is 314 g/mol. The lowest BCUT2D eigenvalue weighted by atomic mass is 10.0. The molecular formula is C19H15N5O. The number of carbonyl (C=O) groups excluding carboxylic acids is 1. The summed E-state index contributed by atoms with van der Waals surface area (Å²) >= 11 is 0. The van der Waals surface area contributed by atoms with Gasteiger partial charge in [0.05, 0.1) is 34.8 Å². The molecule has 0 bridgehead atoms. The van der Waals surface area contributed by atoms with Gasteiger partial charge >= 0.3 is 0 Å². The van der Waals surface area contributed by atoms with Crippen LogP contribution >= 0.6 is 0 Å². The number of benzene rings is 2. The minimum Gasteiger partial charge on any atom is -0.350 e. The van der Waals surface area contributed by atoms with E-state index in [1.165, 1.54) is 0 Å². The molecule has 4 rings (SSSR count). The Morgan fingerprint density at radius 2 is 1.92 bits per heavy atom. The van der Waals surface area contributed by atoms with Crippen LogP contribution in [0.15, 0.2) is 54.7 Å². The molecule has 2 heterocycles. The molecule has 2 aromatic carbocycles. The molecule has 25 heavy (non-hydrogen) atoms. The van der Waals surface area contributed by atoms with Gasteiger partial charge in [0.2, 0.25) is 0 Å². The van der Waals surface area contributed by atoms with E-state index < -0.39 is 0 Å². The van der Waals surface area contributed by atoms with Gasteiger partial charge in [-0.05, 0) is 24.3 Å². The van der Waals surface area contributed by atoms with Gasteiger partial charge in [0.25, 0.3) is 5.91 Å². The molecule has 2 N–H and O–H groups in total. The lowest BCUT2D eigenvalue weighted by Crippen LogP contribution is -2.44. The van der Waals surface area contributed by atoms with E-state index in [1.54, 1.807) is 18.3 Å². The van der Waals surface area contributed by atoms with Gasteiger partial charge in [-0.1, -0.05) is 24.3 Å². The second-order valence-electron chi connectivity index (χ2n) is 5.89. The average molecular weight is 329 g/mol. The van der Waals surface area contributed by atoms with Crippen LogP contribution in [0.2, 0.25) is 0 Å². The van der Waals surface area contributed by atoms with Crippen molar-refractivity contribution in [3.05, 3.63) is 71.4 Å². The highest BCUT2D eigenvalue weighted by Gasteiger charge is 2.31. The number of fused-ring (bicyclic) bond motifs is 1. The van der Waals surface area contributed by atoms with Crippen LogP contribution in [0.25, 0.3) is 11.3 Å². The van der Waals surface area contributed by atoms with Crippen molar-refractivity contribution in [2.45, 2.75) is 6.17 Å². The summed E-state index contributed by atoms with van der Waals surface area (Å²) in [6, 6.07) is 16.9. The second-order valence-corrected chi connectivity index (χ2v) is 5.89. The summed E-state index contributed by atoms with van der Waals surface area (Å²) in [5.74, 6) is -0.106. The number of nitriles is 1. The molecule has 1 aromatic heterocycles.